The standard InChI is InChI=1S/C18H30N2O/c1-4-6-13-20(16-9-10-16)14-18(19-5-2)15-7-11-17(21-3)12-8-15/h7-8,11-12,16,18-19H,4-6,9-10,13-14H2,1-3H3. The van der Waals surface area contributed by atoms with Gasteiger partial charge in [-0.2, -0.15) is 0 Å². The molecule has 0 heterocycles. The Morgan fingerprint density at radius 1 is 1.24 bits per heavy atom. The summed E-state index contributed by atoms with van der Waals surface area (Å²) in [6.07, 6.45) is 5.34. The third-order valence-electron chi connectivity index (χ3n) is 4.25. The fourth-order valence-corrected chi connectivity index (χ4v) is 2.83. The summed E-state index contributed by atoms with van der Waals surface area (Å²) in [6.45, 7) is 7.81. The topological polar surface area (TPSA) is 24.5 Å². The number of ether oxygens (including phenoxy) is 1. The summed E-state index contributed by atoms with van der Waals surface area (Å²) in [5.41, 5.74) is 1.36. The molecule has 1 aliphatic rings. The van der Waals surface area contributed by atoms with E-state index in [1.807, 2.05) is 0 Å². The lowest BCUT2D eigenvalue weighted by atomic mass is 10.1. The van der Waals surface area contributed by atoms with Crippen molar-refractivity contribution in [3.63, 3.8) is 0 Å². The molecule has 0 saturated heterocycles. The van der Waals surface area contributed by atoms with Gasteiger partial charge in [0.1, 0.15) is 5.75 Å². The minimum atomic E-state index is 0.415. The van der Waals surface area contributed by atoms with Gasteiger partial charge in [0.25, 0.3) is 0 Å². The number of hydrogen-bond donors (Lipinski definition) is 1. The monoisotopic (exact) mass is 290 g/mol. The highest BCUT2D eigenvalue weighted by molar-refractivity contribution is 5.29. The molecule has 0 bridgehead atoms. The van der Waals surface area contributed by atoms with Gasteiger partial charge in [-0.15, -0.1) is 0 Å². The van der Waals surface area contributed by atoms with Crippen LogP contribution in [0, 0.1) is 0 Å². The van der Waals surface area contributed by atoms with Crippen LogP contribution in [-0.2, 0) is 0 Å². The van der Waals surface area contributed by atoms with E-state index in [1.54, 1.807) is 7.11 Å². The molecule has 0 aromatic heterocycles. The fourth-order valence-electron chi connectivity index (χ4n) is 2.83. The van der Waals surface area contributed by atoms with Crippen LogP contribution in [-0.4, -0.2) is 37.7 Å². The van der Waals surface area contributed by atoms with Crippen molar-refractivity contribution in [3.05, 3.63) is 29.8 Å². The lowest BCUT2D eigenvalue weighted by Gasteiger charge is -2.28. The first-order valence-electron chi connectivity index (χ1n) is 8.39. The Kier molecular flexibility index (Phi) is 6.52. The molecule has 1 aromatic rings. The smallest absolute Gasteiger partial charge is 0.118 e. The second kappa shape index (κ2) is 8.40. The molecule has 0 radical (unpaired) electrons. The summed E-state index contributed by atoms with van der Waals surface area (Å²) in [5.74, 6) is 0.930. The number of methoxy groups -OCH3 is 1. The van der Waals surface area contributed by atoms with Crippen LogP contribution in [0.15, 0.2) is 24.3 Å². The van der Waals surface area contributed by atoms with Crippen LogP contribution in [0.2, 0.25) is 0 Å². The van der Waals surface area contributed by atoms with E-state index >= 15 is 0 Å². The molecule has 2 rings (SSSR count). The molecule has 1 unspecified atom stereocenters. The lowest BCUT2D eigenvalue weighted by Crippen LogP contribution is -2.37. The summed E-state index contributed by atoms with van der Waals surface area (Å²) < 4.78 is 5.26. The summed E-state index contributed by atoms with van der Waals surface area (Å²) >= 11 is 0. The molecule has 1 saturated carbocycles. The average Bonchev–Trinajstić information content (AvgIpc) is 3.35. The van der Waals surface area contributed by atoms with Gasteiger partial charge in [-0.3, -0.25) is 4.90 Å². The van der Waals surface area contributed by atoms with E-state index in [4.69, 9.17) is 4.74 Å². The molecule has 3 nitrogen and oxygen atoms in total. The molecular weight excluding hydrogens is 260 g/mol. The zero-order chi connectivity index (χ0) is 15.1. The Hall–Kier alpha value is -1.06. The maximum atomic E-state index is 5.26. The van der Waals surface area contributed by atoms with Gasteiger partial charge < -0.3 is 10.1 Å². The third-order valence-corrected chi connectivity index (χ3v) is 4.25. The van der Waals surface area contributed by atoms with Gasteiger partial charge >= 0.3 is 0 Å². The maximum Gasteiger partial charge on any atom is 0.118 e. The number of likely N-dealkylation sites (N-methyl/N-ethyl adjacent to an activating group) is 1. The molecule has 3 heteroatoms. The molecule has 1 fully saturated rings. The molecular formula is C18H30N2O. The van der Waals surface area contributed by atoms with E-state index in [9.17, 15) is 0 Å². The van der Waals surface area contributed by atoms with Gasteiger partial charge in [0, 0.05) is 18.6 Å². The maximum absolute atomic E-state index is 5.26. The molecule has 0 spiro atoms. The Labute approximate surface area is 129 Å². The number of hydrogen-bond acceptors (Lipinski definition) is 3. The van der Waals surface area contributed by atoms with Gasteiger partial charge in [-0.1, -0.05) is 32.4 Å². The number of nitrogens with zero attached hydrogens (tertiary/aromatic N) is 1. The van der Waals surface area contributed by atoms with Crippen LogP contribution in [0.3, 0.4) is 0 Å². The lowest BCUT2D eigenvalue weighted by molar-refractivity contribution is 0.230. The van der Waals surface area contributed by atoms with E-state index in [2.05, 4.69) is 48.3 Å². The van der Waals surface area contributed by atoms with Crippen molar-refractivity contribution in [1.29, 1.82) is 0 Å². The normalized spacial score (nSPS) is 16.2. The summed E-state index contributed by atoms with van der Waals surface area (Å²) in [4.78, 5) is 2.68. The van der Waals surface area contributed by atoms with Crippen molar-refractivity contribution in [1.82, 2.24) is 10.2 Å². The van der Waals surface area contributed by atoms with Gasteiger partial charge in [0.05, 0.1) is 7.11 Å². The van der Waals surface area contributed by atoms with E-state index in [0.717, 1.165) is 24.9 Å². The molecule has 0 aliphatic heterocycles. The Morgan fingerprint density at radius 3 is 2.48 bits per heavy atom. The highest BCUT2D eigenvalue weighted by atomic mass is 16.5. The van der Waals surface area contributed by atoms with E-state index in [-0.39, 0.29) is 0 Å². The highest BCUT2D eigenvalue weighted by Crippen LogP contribution is 2.29. The predicted octanol–water partition coefficient (Wildman–Crippen LogP) is 3.61. The van der Waals surface area contributed by atoms with E-state index in [0.29, 0.717) is 6.04 Å². The van der Waals surface area contributed by atoms with Crippen LogP contribution < -0.4 is 10.1 Å². The highest BCUT2D eigenvalue weighted by Gasteiger charge is 2.30. The largest absolute Gasteiger partial charge is 0.497 e. The molecule has 118 valence electrons. The molecule has 1 N–H and O–H groups in total. The van der Waals surface area contributed by atoms with Crippen LogP contribution in [0.5, 0.6) is 5.75 Å². The molecule has 0 amide bonds. The first-order valence-corrected chi connectivity index (χ1v) is 8.39. The average molecular weight is 290 g/mol. The van der Waals surface area contributed by atoms with E-state index < -0.39 is 0 Å². The van der Waals surface area contributed by atoms with Crippen LogP contribution in [0.25, 0.3) is 0 Å². The van der Waals surface area contributed by atoms with Crippen LogP contribution in [0.4, 0.5) is 0 Å². The van der Waals surface area contributed by atoms with Crippen LogP contribution in [0.1, 0.15) is 51.1 Å². The zero-order valence-corrected chi connectivity index (χ0v) is 13.8. The number of rotatable bonds is 10. The minimum absolute atomic E-state index is 0.415. The van der Waals surface area contributed by atoms with Gasteiger partial charge in [0.2, 0.25) is 0 Å². The Bertz CT molecular complexity index is 400. The van der Waals surface area contributed by atoms with Gasteiger partial charge in [-0.05, 0) is 50.0 Å². The van der Waals surface area contributed by atoms with Crippen molar-refractivity contribution in [2.45, 2.75) is 51.6 Å². The van der Waals surface area contributed by atoms with Crippen molar-refractivity contribution in [2.75, 3.05) is 26.7 Å². The number of unbranched alkanes of at least 4 members (excludes halogenated alkanes) is 1. The minimum Gasteiger partial charge on any atom is -0.497 e. The van der Waals surface area contributed by atoms with Crippen LogP contribution >= 0.6 is 0 Å². The van der Waals surface area contributed by atoms with Crippen molar-refractivity contribution < 1.29 is 4.74 Å². The molecule has 1 aliphatic carbocycles. The summed E-state index contributed by atoms with van der Waals surface area (Å²) in [5, 5.41) is 3.64. The molecule has 1 aromatic carbocycles. The van der Waals surface area contributed by atoms with Gasteiger partial charge in [-0.25, -0.2) is 0 Å². The summed E-state index contributed by atoms with van der Waals surface area (Å²) in [6, 6.07) is 9.75. The van der Waals surface area contributed by atoms with Crippen molar-refractivity contribution >= 4 is 0 Å². The first kappa shape index (κ1) is 16.3. The van der Waals surface area contributed by atoms with Crippen molar-refractivity contribution in [2.24, 2.45) is 0 Å². The third kappa shape index (κ3) is 5.01. The summed E-state index contributed by atoms with van der Waals surface area (Å²) in [7, 11) is 1.72. The predicted molar refractivity (Wildman–Crippen MR) is 88.9 cm³/mol. The number of benzene rings is 1. The SMILES string of the molecule is CCCCN(CC(NCC)c1ccc(OC)cc1)C1CC1. The van der Waals surface area contributed by atoms with E-state index in [1.165, 1.54) is 37.8 Å². The second-order valence-electron chi connectivity index (χ2n) is 5.96. The Morgan fingerprint density at radius 2 is 1.95 bits per heavy atom. The van der Waals surface area contributed by atoms with Gasteiger partial charge in [0.15, 0.2) is 0 Å². The second-order valence-corrected chi connectivity index (χ2v) is 5.96. The fraction of sp³-hybridized carbons (Fsp3) is 0.667. The van der Waals surface area contributed by atoms with Crippen molar-refractivity contribution in [3.8, 4) is 5.75 Å². The number of nitrogens with one attached hydrogen (secondary N) is 1. The molecule has 21 heavy (non-hydrogen) atoms. The first-order chi connectivity index (χ1) is 10.3. The molecule has 1 atom stereocenters. The zero-order valence-electron chi connectivity index (χ0n) is 13.8. The quantitative estimate of drug-likeness (QED) is 0.712. The Balaban J connectivity index is 2.01.